The number of nitrogens with zero attached hydrogens (tertiary/aromatic N) is 4. The van der Waals surface area contributed by atoms with E-state index in [0.717, 1.165) is 38.5 Å². The quantitative estimate of drug-likeness (QED) is 0.912. The fourth-order valence-electron chi connectivity index (χ4n) is 4.16. The summed E-state index contributed by atoms with van der Waals surface area (Å²) in [6, 6.07) is 10.7. The second kappa shape index (κ2) is 7.03. The van der Waals surface area contributed by atoms with E-state index in [2.05, 4.69) is 50.1 Å². The molecule has 0 bridgehead atoms. The summed E-state index contributed by atoms with van der Waals surface area (Å²) >= 11 is 0. The van der Waals surface area contributed by atoms with E-state index in [1.165, 1.54) is 31.0 Å². The first-order valence-electron chi connectivity index (χ1n) is 9.20. The summed E-state index contributed by atoms with van der Waals surface area (Å²) in [5, 5.41) is 8.95. The van der Waals surface area contributed by atoms with Gasteiger partial charge in [-0.3, -0.25) is 4.90 Å². The topological polar surface area (TPSA) is 69.6 Å². The van der Waals surface area contributed by atoms with Crippen LogP contribution in [0.5, 0.6) is 0 Å². The van der Waals surface area contributed by atoms with Crippen LogP contribution in [0.15, 0.2) is 42.7 Å². The Morgan fingerprint density at radius 1 is 1.04 bits per heavy atom. The van der Waals surface area contributed by atoms with Gasteiger partial charge in [-0.2, -0.15) is 0 Å². The van der Waals surface area contributed by atoms with Gasteiger partial charge in [-0.1, -0.05) is 30.3 Å². The average molecular weight is 352 g/mol. The molecule has 0 saturated carbocycles. The highest BCUT2D eigenvalue weighted by molar-refractivity contribution is 5.84. The Hall–Kier alpha value is -2.47. The van der Waals surface area contributed by atoms with Crippen LogP contribution >= 0.6 is 0 Å². The number of anilines is 1. The summed E-state index contributed by atoms with van der Waals surface area (Å²) in [5.41, 5.74) is 1.74. The summed E-state index contributed by atoms with van der Waals surface area (Å²) in [6.45, 7) is 5.26. The molecule has 0 amide bonds. The summed E-state index contributed by atoms with van der Waals surface area (Å²) in [6.07, 6.45) is 6.53. The van der Waals surface area contributed by atoms with E-state index >= 15 is 0 Å². The van der Waals surface area contributed by atoms with Crippen molar-refractivity contribution in [3.05, 3.63) is 54.0 Å². The molecule has 2 fully saturated rings. The highest BCUT2D eigenvalue weighted by Crippen LogP contribution is 2.41. The average Bonchev–Trinajstić information content (AvgIpc) is 3.09. The number of piperidine rings is 1. The molecule has 4 rings (SSSR count). The Morgan fingerprint density at radius 3 is 2.42 bits per heavy atom. The standard InChI is InChI=1S/C20H24N4O2/c25-19(26)17-12-22-18(13-21-17)24-11-8-20(15-24)6-9-23(10-7-20)14-16-4-2-1-3-5-16/h1-5,12-13H,6-11,14-15H2,(H,25,26). The smallest absolute Gasteiger partial charge is 0.356 e. The molecule has 0 atom stereocenters. The molecular formula is C20H24N4O2. The molecule has 2 saturated heterocycles. The monoisotopic (exact) mass is 352 g/mol. The van der Waals surface area contributed by atoms with Crippen molar-refractivity contribution in [1.29, 1.82) is 0 Å². The van der Waals surface area contributed by atoms with Gasteiger partial charge in [-0.15, -0.1) is 0 Å². The van der Waals surface area contributed by atoms with Gasteiger partial charge in [0.15, 0.2) is 5.69 Å². The maximum absolute atomic E-state index is 10.9. The largest absolute Gasteiger partial charge is 0.476 e. The number of carboxylic acids is 1. The Balaban J connectivity index is 1.34. The molecule has 6 nitrogen and oxygen atoms in total. The molecule has 0 unspecified atom stereocenters. The van der Waals surface area contributed by atoms with Crippen molar-refractivity contribution in [2.24, 2.45) is 5.41 Å². The van der Waals surface area contributed by atoms with Crippen molar-refractivity contribution < 1.29 is 9.90 Å². The van der Waals surface area contributed by atoms with E-state index in [9.17, 15) is 4.79 Å². The van der Waals surface area contributed by atoms with Gasteiger partial charge in [-0.25, -0.2) is 14.8 Å². The summed E-state index contributed by atoms with van der Waals surface area (Å²) in [7, 11) is 0. The van der Waals surface area contributed by atoms with Crippen LogP contribution in [-0.4, -0.2) is 52.1 Å². The predicted octanol–water partition coefficient (Wildman–Crippen LogP) is 2.67. The number of hydrogen-bond acceptors (Lipinski definition) is 5. The van der Waals surface area contributed by atoms with Gasteiger partial charge in [0.05, 0.1) is 12.4 Å². The van der Waals surface area contributed by atoms with Crippen LogP contribution in [0.25, 0.3) is 0 Å². The van der Waals surface area contributed by atoms with E-state index in [-0.39, 0.29) is 5.69 Å². The first kappa shape index (κ1) is 17.0. The van der Waals surface area contributed by atoms with Crippen molar-refractivity contribution in [1.82, 2.24) is 14.9 Å². The Kier molecular flexibility index (Phi) is 4.59. The summed E-state index contributed by atoms with van der Waals surface area (Å²) in [5.74, 6) is -0.244. The molecule has 2 aliphatic heterocycles. The first-order valence-corrected chi connectivity index (χ1v) is 9.20. The molecule has 0 radical (unpaired) electrons. The number of aromatic carboxylic acids is 1. The summed E-state index contributed by atoms with van der Waals surface area (Å²) in [4.78, 5) is 24.0. The van der Waals surface area contributed by atoms with Gasteiger partial charge in [0.25, 0.3) is 0 Å². The Bertz CT molecular complexity index is 755. The Morgan fingerprint density at radius 2 is 1.77 bits per heavy atom. The maximum Gasteiger partial charge on any atom is 0.356 e. The zero-order valence-corrected chi connectivity index (χ0v) is 14.8. The minimum atomic E-state index is -1.03. The molecule has 26 heavy (non-hydrogen) atoms. The molecule has 1 N–H and O–H groups in total. The number of likely N-dealkylation sites (tertiary alicyclic amines) is 1. The van der Waals surface area contributed by atoms with Crippen molar-refractivity contribution in [3.63, 3.8) is 0 Å². The van der Waals surface area contributed by atoms with E-state index in [0.29, 0.717) is 5.41 Å². The van der Waals surface area contributed by atoms with Crippen LogP contribution < -0.4 is 4.90 Å². The van der Waals surface area contributed by atoms with Gasteiger partial charge in [0.2, 0.25) is 0 Å². The van der Waals surface area contributed by atoms with Gasteiger partial charge in [0, 0.05) is 19.6 Å². The van der Waals surface area contributed by atoms with Crippen molar-refractivity contribution in [3.8, 4) is 0 Å². The number of aromatic nitrogens is 2. The van der Waals surface area contributed by atoms with E-state index in [1.807, 2.05) is 0 Å². The minimum Gasteiger partial charge on any atom is -0.476 e. The zero-order chi connectivity index (χ0) is 18.0. The highest BCUT2D eigenvalue weighted by atomic mass is 16.4. The second-order valence-electron chi connectivity index (χ2n) is 7.50. The van der Waals surface area contributed by atoms with Crippen LogP contribution in [0.1, 0.15) is 35.3 Å². The highest BCUT2D eigenvalue weighted by Gasteiger charge is 2.40. The van der Waals surface area contributed by atoms with Crippen LogP contribution in [-0.2, 0) is 6.54 Å². The molecular weight excluding hydrogens is 328 g/mol. The molecule has 1 aromatic heterocycles. The lowest BCUT2D eigenvalue weighted by atomic mass is 9.77. The molecule has 3 heterocycles. The van der Waals surface area contributed by atoms with Gasteiger partial charge in [-0.05, 0) is 43.3 Å². The van der Waals surface area contributed by atoms with E-state index < -0.39 is 5.97 Å². The van der Waals surface area contributed by atoms with Crippen LogP contribution in [0, 0.1) is 5.41 Å². The third-order valence-corrected chi connectivity index (χ3v) is 5.79. The molecule has 0 aliphatic carbocycles. The number of carbonyl (C=O) groups is 1. The van der Waals surface area contributed by atoms with Crippen LogP contribution in [0.3, 0.4) is 0 Å². The summed E-state index contributed by atoms with van der Waals surface area (Å²) < 4.78 is 0. The number of hydrogen-bond donors (Lipinski definition) is 1. The van der Waals surface area contributed by atoms with Crippen molar-refractivity contribution >= 4 is 11.8 Å². The molecule has 1 aromatic carbocycles. The lowest BCUT2D eigenvalue weighted by Crippen LogP contribution is -2.41. The van der Waals surface area contributed by atoms with Gasteiger partial charge < -0.3 is 10.0 Å². The maximum atomic E-state index is 10.9. The van der Waals surface area contributed by atoms with Gasteiger partial charge in [0.1, 0.15) is 5.82 Å². The normalized spacial score (nSPS) is 19.8. The number of benzene rings is 1. The molecule has 1 spiro atoms. The second-order valence-corrected chi connectivity index (χ2v) is 7.50. The first-order chi connectivity index (χ1) is 12.6. The molecule has 136 valence electrons. The minimum absolute atomic E-state index is 0.00289. The molecule has 6 heteroatoms. The predicted molar refractivity (Wildman–Crippen MR) is 99.2 cm³/mol. The van der Waals surface area contributed by atoms with Crippen molar-refractivity contribution in [2.75, 3.05) is 31.1 Å². The number of carboxylic acid groups (broad SMARTS) is 1. The fraction of sp³-hybridized carbons (Fsp3) is 0.450. The Labute approximate surface area is 153 Å². The van der Waals surface area contributed by atoms with E-state index in [1.54, 1.807) is 6.20 Å². The SMILES string of the molecule is O=C(O)c1cnc(N2CCC3(CCN(Cc4ccccc4)CC3)C2)cn1. The number of rotatable bonds is 4. The third-order valence-electron chi connectivity index (χ3n) is 5.79. The van der Waals surface area contributed by atoms with Gasteiger partial charge >= 0.3 is 5.97 Å². The fourth-order valence-corrected chi connectivity index (χ4v) is 4.16. The van der Waals surface area contributed by atoms with Crippen molar-refractivity contribution in [2.45, 2.75) is 25.8 Å². The zero-order valence-electron chi connectivity index (χ0n) is 14.8. The van der Waals surface area contributed by atoms with Crippen LogP contribution in [0.4, 0.5) is 5.82 Å². The molecule has 2 aromatic rings. The third kappa shape index (κ3) is 3.55. The lowest BCUT2D eigenvalue weighted by molar-refractivity contribution is 0.0690. The van der Waals surface area contributed by atoms with E-state index in [4.69, 9.17) is 5.11 Å². The molecule has 2 aliphatic rings. The van der Waals surface area contributed by atoms with Crippen LogP contribution in [0.2, 0.25) is 0 Å². The lowest BCUT2D eigenvalue weighted by Gasteiger charge is -2.39.